The third-order valence-electron chi connectivity index (χ3n) is 2.93. The lowest BCUT2D eigenvalue weighted by Crippen LogP contribution is -2.45. The van der Waals surface area contributed by atoms with E-state index in [1.54, 1.807) is 7.05 Å². The van der Waals surface area contributed by atoms with E-state index in [0.717, 1.165) is 4.31 Å². The number of carbonyl (C=O) groups is 1. The number of aliphatic carboxylic acids is 1. The first-order valence-electron chi connectivity index (χ1n) is 5.74. The van der Waals surface area contributed by atoms with Gasteiger partial charge in [0.1, 0.15) is 10.9 Å². The number of thioether (sulfide) groups is 1. The summed E-state index contributed by atoms with van der Waals surface area (Å²) in [7, 11) is -2.21. The van der Waals surface area contributed by atoms with Gasteiger partial charge >= 0.3 is 5.97 Å². The number of nitrogens with zero attached hydrogens (tertiary/aromatic N) is 3. The van der Waals surface area contributed by atoms with Crippen LogP contribution in [0, 0.1) is 0 Å². The summed E-state index contributed by atoms with van der Waals surface area (Å²) in [6.45, 7) is 1.84. The Morgan fingerprint density at radius 2 is 2.32 bits per heavy atom. The summed E-state index contributed by atoms with van der Waals surface area (Å²) < 4.78 is 27.5. The van der Waals surface area contributed by atoms with Crippen molar-refractivity contribution in [3.63, 3.8) is 0 Å². The molecule has 1 fully saturated rings. The number of rotatable bonds is 4. The SMILES string of the molecule is CCC1SCC(C(=O)O)N1S(=O)(=O)c1cnn(C)c1. The molecule has 0 amide bonds. The van der Waals surface area contributed by atoms with Crippen LogP contribution in [-0.2, 0) is 21.9 Å². The van der Waals surface area contributed by atoms with E-state index in [2.05, 4.69) is 5.10 Å². The highest BCUT2D eigenvalue weighted by atomic mass is 32.2. The molecule has 19 heavy (non-hydrogen) atoms. The Hall–Kier alpha value is -1.06. The average molecular weight is 305 g/mol. The van der Waals surface area contributed by atoms with E-state index < -0.39 is 22.0 Å². The molecule has 1 N–H and O–H groups in total. The van der Waals surface area contributed by atoms with Crippen LogP contribution in [-0.4, -0.2) is 50.7 Å². The minimum Gasteiger partial charge on any atom is -0.480 e. The topological polar surface area (TPSA) is 92.5 Å². The van der Waals surface area contributed by atoms with Gasteiger partial charge in [-0.05, 0) is 6.42 Å². The van der Waals surface area contributed by atoms with Gasteiger partial charge < -0.3 is 5.11 Å². The van der Waals surface area contributed by atoms with Crippen molar-refractivity contribution >= 4 is 27.8 Å². The highest BCUT2D eigenvalue weighted by Gasteiger charge is 2.45. The lowest BCUT2D eigenvalue weighted by molar-refractivity contribution is -0.140. The van der Waals surface area contributed by atoms with Crippen molar-refractivity contribution in [1.29, 1.82) is 0 Å². The van der Waals surface area contributed by atoms with Crippen molar-refractivity contribution in [3.05, 3.63) is 12.4 Å². The largest absolute Gasteiger partial charge is 0.480 e. The van der Waals surface area contributed by atoms with Crippen molar-refractivity contribution in [2.75, 3.05) is 5.75 Å². The van der Waals surface area contributed by atoms with E-state index in [1.165, 1.54) is 28.8 Å². The van der Waals surface area contributed by atoms with Gasteiger partial charge in [0.15, 0.2) is 0 Å². The molecule has 7 nitrogen and oxygen atoms in total. The smallest absolute Gasteiger partial charge is 0.322 e. The van der Waals surface area contributed by atoms with Gasteiger partial charge in [0.25, 0.3) is 0 Å². The second kappa shape index (κ2) is 5.14. The highest BCUT2D eigenvalue weighted by Crippen LogP contribution is 2.36. The first-order valence-corrected chi connectivity index (χ1v) is 8.23. The Morgan fingerprint density at radius 3 is 2.79 bits per heavy atom. The van der Waals surface area contributed by atoms with Gasteiger partial charge in [-0.3, -0.25) is 9.48 Å². The highest BCUT2D eigenvalue weighted by molar-refractivity contribution is 8.01. The number of hydrogen-bond donors (Lipinski definition) is 1. The molecule has 0 spiro atoms. The Kier molecular flexibility index (Phi) is 3.88. The van der Waals surface area contributed by atoms with Gasteiger partial charge in [-0.15, -0.1) is 11.8 Å². The Morgan fingerprint density at radius 1 is 1.63 bits per heavy atom. The zero-order valence-corrected chi connectivity index (χ0v) is 12.2. The van der Waals surface area contributed by atoms with Crippen LogP contribution >= 0.6 is 11.8 Å². The normalized spacial score (nSPS) is 24.7. The minimum atomic E-state index is -3.82. The summed E-state index contributed by atoms with van der Waals surface area (Å²) in [5, 5.41) is 12.7. The Balaban J connectivity index is 2.43. The molecule has 2 unspecified atom stereocenters. The maximum absolute atomic E-state index is 12.5. The number of hydrogen-bond acceptors (Lipinski definition) is 5. The molecule has 0 saturated carbocycles. The van der Waals surface area contributed by atoms with E-state index in [-0.39, 0.29) is 16.0 Å². The van der Waals surface area contributed by atoms with Crippen LogP contribution in [0.1, 0.15) is 13.3 Å². The zero-order valence-electron chi connectivity index (χ0n) is 10.6. The van der Waals surface area contributed by atoms with Crippen molar-refractivity contribution < 1.29 is 18.3 Å². The first-order chi connectivity index (χ1) is 8.87. The Labute approximate surface area is 115 Å². The van der Waals surface area contributed by atoms with Gasteiger partial charge in [0, 0.05) is 19.0 Å². The zero-order chi connectivity index (χ0) is 14.2. The lowest BCUT2D eigenvalue weighted by Gasteiger charge is -2.24. The summed E-state index contributed by atoms with van der Waals surface area (Å²) >= 11 is 1.35. The van der Waals surface area contributed by atoms with Crippen LogP contribution in [0.25, 0.3) is 0 Å². The van der Waals surface area contributed by atoms with E-state index >= 15 is 0 Å². The van der Waals surface area contributed by atoms with Gasteiger partial charge in [0.05, 0.1) is 11.6 Å². The molecule has 0 aromatic carbocycles. The minimum absolute atomic E-state index is 0.0298. The van der Waals surface area contributed by atoms with Crippen LogP contribution in [0.15, 0.2) is 17.3 Å². The van der Waals surface area contributed by atoms with E-state index in [1.807, 2.05) is 6.92 Å². The summed E-state index contributed by atoms with van der Waals surface area (Å²) in [6.07, 6.45) is 3.18. The molecular formula is C10H15N3O4S2. The summed E-state index contributed by atoms with van der Waals surface area (Å²) in [6, 6.07) is -1.01. The fraction of sp³-hybridized carbons (Fsp3) is 0.600. The molecule has 1 aromatic rings. The van der Waals surface area contributed by atoms with E-state index in [4.69, 9.17) is 0 Å². The predicted octanol–water partition coefficient (Wildman–Crippen LogP) is 0.347. The maximum atomic E-state index is 12.5. The molecule has 1 saturated heterocycles. The molecule has 9 heteroatoms. The fourth-order valence-electron chi connectivity index (χ4n) is 2.00. The molecule has 0 radical (unpaired) electrons. The van der Waals surface area contributed by atoms with Gasteiger partial charge in [-0.25, -0.2) is 8.42 Å². The predicted molar refractivity (Wildman–Crippen MR) is 70.2 cm³/mol. The molecule has 0 bridgehead atoms. The van der Waals surface area contributed by atoms with Crippen LogP contribution in [0.2, 0.25) is 0 Å². The summed E-state index contributed by atoms with van der Waals surface area (Å²) in [5.41, 5.74) is 0. The number of aromatic nitrogens is 2. The number of carboxylic acids is 1. The second-order valence-corrected chi connectivity index (χ2v) is 7.29. The molecule has 0 aliphatic carbocycles. The molecule has 1 aliphatic rings. The molecule has 2 atom stereocenters. The van der Waals surface area contributed by atoms with E-state index in [0.29, 0.717) is 6.42 Å². The lowest BCUT2D eigenvalue weighted by atomic mass is 10.3. The van der Waals surface area contributed by atoms with Crippen LogP contribution in [0.4, 0.5) is 0 Å². The molecule has 1 aliphatic heterocycles. The molecule has 1 aromatic heterocycles. The monoisotopic (exact) mass is 305 g/mol. The number of aryl methyl sites for hydroxylation is 1. The molecule has 2 heterocycles. The molecular weight excluding hydrogens is 290 g/mol. The second-order valence-electron chi connectivity index (χ2n) is 4.23. The average Bonchev–Trinajstić information content (AvgIpc) is 2.94. The number of carboxylic acid groups (broad SMARTS) is 1. The van der Waals surface area contributed by atoms with E-state index in [9.17, 15) is 18.3 Å². The summed E-state index contributed by atoms with van der Waals surface area (Å²) in [4.78, 5) is 11.2. The van der Waals surface area contributed by atoms with Crippen LogP contribution in [0.5, 0.6) is 0 Å². The maximum Gasteiger partial charge on any atom is 0.322 e. The third kappa shape index (κ3) is 2.49. The first kappa shape index (κ1) is 14.4. The van der Waals surface area contributed by atoms with Crippen molar-refractivity contribution in [2.24, 2.45) is 7.05 Å². The van der Waals surface area contributed by atoms with Crippen LogP contribution in [0.3, 0.4) is 0 Å². The van der Waals surface area contributed by atoms with Gasteiger partial charge in [-0.2, -0.15) is 9.40 Å². The quantitative estimate of drug-likeness (QED) is 0.862. The van der Waals surface area contributed by atoms with Gasteiger partial charge in [0.2, 0.25) is 10.0 Å². The van der Waals surface area contributed by atoms with Crippen molar-refractivity contribution in [3.8, 4) is 0 Å². The number of sulfonamides is 1. The van der Waals surface area contributed by atoms with Crippen LogP contribution < -0.4 is 0 Å². The fourth-order valence-corrected chi connectivity index (χ4v) is 5.53. The Bertz CT molecular complexity index is 583. The van der Waals surface area contributed by atoms with Gasteiger partial charge in [-0.1, -0.05) is 6.92 Å². The summed E-state index contributed by atoms with van der Waals surface area (Å²) in [5.74, 6) is -0.844. The molecule has 2 rings (SSSR count). The standard InChI is InChI=1S/C10H15N3O4S2/c1-3-9-13(8(6-18-9)10(14)15)19(16,17)7-4-11-12(2)5-7/h4-5,8-9H,3,6H2,1-2H3,(H,14,15). The van der Waals surface area contributed by atoms with Crippen molar-refractivity contribution in [1.82, 2.24) is 14.1 Å². The third-order valence-corrected chi connectivity index (χ3v) is 6.39. The van der Waals surface area contributed by atoms with Crippen molar-refractivity contribution in [2.45, 2.75) is 29.7 Å². The molecule has 106 valence electrons.